The van der Waals surface area contributed by atoms with Crippen molar-refractivity contribution in [3.8, 4) is 0 Å². The molecule has 0 aliphatic rings. The first-order valence-corrected chi connectivity index (χ1v) is 4.97. The minimum atomic E-state index is -0.473. The molecular formula is C12H9N3O2. The minimum Gasteiger partial charge on any atom is -0.258 e. The molecule has 0 saturated carbocycles. The van der Waals surface area contributed by atoms with Crippen LogP contribution in [0.3, 0.4) is 0 Å². The van der Waals surface area contributed by atoms with Crippen LogP contribution in [0.2, 0.25) is 0 Å². The highest BCUT2D eigenvalue weighted by Gasteiger charge is 2.11. The van der Waals surface area contributed by atoms with Crippen LogP contribution in [0, 0.1) is 10.1 Å². The van der Waals surface area contributed by atoms with Crippen molar-refractivity contribution in [1.82, 2.24) is 0 Å². The summed E-state index contributed by atoms with van der Waals surface area (Å²) < 4.78 is 0. The maximum Gasteiger partial charge on any atom is 0.296 e. The van der Waals surface area contributed by atoms with Gasteiger partial charge >= 0.3 is 0 Å². The van der Waals surface area contributed by atoms with E-state index < -0.39 is 4.92 Å². The van der Waals surface area contributed by atoms with Crippen LogP contribution in [0.4, 0.5) is 17.1 Å². The van der Waals surface area contributed by atoms with E-state index in [0.29, 0.717) is 5.69 Å². The number of azo groups is 1. The minimum absolute atomic E-state index is 0.0489. The van der Waals surface area contributed by atoms with Gasteiger partial charge in [-0.05, 0) is 18.2 Å². The zero-order valence-corrected chi connectivity index (χ0v) is 8.85. The summed E-state index contributed by atoms with van der Waals surface area (Å²) in [5.41, 5.74) is 0.860. The molecule has 2 aromatic rings. The summed E-state index contributed by atoms with van der Waals surface area (Å²) in [6.07, 6.45) is 0. The zero-order valence-electron chi connectivity index (χ0n) is 8.85. The van der Waals surface area contributed by atoms with Crippen LogP contribution in [0.15, 0.2) is 64.8 Å². The maximum absolute atomic E-state index is 10.7. The molecule has 0 spiro atoms. The Morgan fingerprint density at radius 2 is 1.53 bits per heavy atom. The fourth-order valence-corrected chi connectivity index (χ4v) is 1.31. The summed E-state index contributed by atoms with van der Waals surface area (Å²) >= 11 is 0. The summed E-state index contributed by atoms with van der Waals surface area (Å²) in [4.78, 5) is 10.3. The van der Waals surface area contributed by atoms with Gasteiger partial charge in [-0.2, -0.15) is 5.11 Å². The molecule has 17 heavy (non-hydrogen) atoms. The lowest BCUT2D eigenvalue weighted by Crippen LogP contribution is -1.86. The third-order valence-electron chi connectivity index (χ3n) is 2.11. The van der Waals surface area contributed by atoms with E-state index in [1.165, 1.54) is 6.07 Å². The molecule has 0 saturated heterocycles. The summed E-state index contributed by atoms with van der Waals surface area (Å²) in [5, 5.41) is 18.6. The molecule has 0 bridgehead atoms. The molecule has 0 heterocycles. The van der Waals surface area contributed by atoms with Crippen molar-refractivity contribution in [2.24, 2.45) is 10.2 Å². The SMILES string of the molecule is O=[N+]([O-])c1ccccc1N=Nc1ccccc1. The monoisotopic (exact) mass is 227 g/mol. The molecule has 0 aromatic heterocycles. The van der Waals surface area contributed by atoms with Crippen LogP contribution < -0.4 is 0 Å². The van der Waals surface area contributed by atoms with Crippen LogP contribution in [0.5, 0.6) is 0 Å². The van der Waals surface area contributed by atoms with Gasteiger partial charge in [0.2, 0.25) is 0 Å². The molecule has 5 heteroatoms. The van der Waals surface area contributed by atoms with Crippen molar-refractivity contribution in [1.29, 1.82) is 0 Å². The molecule has 0 fully saturated rings. The first kappa shape index (κ1) is 10.9. The normalized spacial score (nSPS) is 10.6. The predicted molar refractivity (Wildman–Crippen MR) is 63.7 cm³/mol. The molecule has 84 valence electrons. The largest absolute Gasteiger partial charge is 0.296 e. The van der Waals surface area contributed by atoms with Crippen LogP contribution in [0.1, 0.15) is 0 Å². The van der Waals surface area contributed by atoms with Gasteiger partial charge in [0.25, 0.3) is 5.69 Å². The Morgan fingerprint density at radius 1 is 0.882 bits per heavy atom. The number of rotatable bonds is 3. The molecule has 2 rings (SSSR count). The molecular weight excluding hydrogens is 218 g/mol. The second kappa shape index (κ2) is 4.98. The van der Waals surface area contributed by atoms with Gasteiger partial charge in [-0.3, -0.25) is 10.1 Å². The highest BCUT2D eigenvalue weighted by atomic mass is 16.6. The van der Waals surface area contributed by atoms with Gasteiger partial charge in [-0.1, -0.05) is 30.3 Å². The van der Waals surface area contributed by atoms with Crippen LogP contribution in [0.25, 0.3) is 0 Å². The van der Waals surface area contributed by atoms with Gasteiger partial charge in [-0.15, -0.1) is 5.11 Å². The topological polar surface area (TPSA) is 67.9 Å². The van der Waals surface area contributed by atoms with Crippen molar-refractivity contribution in [3.05, 3.63) is 64.7 Å². The third kappa shape index (κ3) is 2.72. The lowest BCUT2D eigenvalue weighted by Gasteiger charge is -1.95. The molecule has 2 aromatic carbocycles. The number of para-hydroxylation sites is 1. The second-order valence-electron chi connectivity index (χ2n) is 3.28. The first-order valence-electron chi connectivity index (χ1n) is 4.97. The van der Waals surface area contributed by atoms with E-state index in [-0.39, 0.29) is 11.4 Å². The molecule has 0 aliphatic carbocycles. The van der Waals surface area contributed by atoms with E-state index in [1.807, 2.05) is 18.2 Å². The van der Waals surface area contributed by atoms with E-state index in [0.717, 1.165) is 0 Å². The Morgan fingerprint density at radius 3 is 2.24 bits per heavy atom. The van der Waals surface area contributed by atoms with E-state index in [9.17, 15) is 10.1 Å². The van der Waals surface area contributed by atoms with Gasteiger partial charge in [0.1, 0.15) is 0 Å². The lowest BCUT2D eigenvalue weighted by atomic mass is 10.3. The Balaban J connectivity index is 2.30. The first-order chi connectivity index (χ1) is 8.27. The number of nitro groups is 1. The highest BCUT2D eigenvalue weighted by Crippen LogP contribution is 2.27. The molecule has 5 nitrogen and oxygen atoms in total. The molecule has 0 aliphatic heterocycles. The standard InChI is InChI=1S/C12H9N3O2/c16-15(17)12-9-5-4-8-11(12)14-13-10-6-2-1-3-7-10/h1-9H. The Hall–Kier alpha value is -2.56. The number of benzene rings is 2. The van der Waals surface area contributed by atoms with E-state index in [4.69, 9.17) is 0 Å². The van der Waals surface area contributed by atoms with Crippen molar-refractivity contribution in [3.63, 3.8) is 0 Å². The van der Waals surface area contributed by atoms with Crippen molar-refractivity contribution < 1.29 is 4.92 Å². The summed E-state index contributed by atoms with van der Waals surface area (Å²) in [6, 6.07) is 15.3. The highest BCUT2D eigenvalue weighted by molar-refractivity contribution is 5.56. The number of nitro benzene ring substituents is 1. The summed E-state index contributed by atoms with van der Waals surface area (Å²) in [6.45, 7) is 0. The summed E-state index contributed by atoms with van der Waals surface area (Å²) in [7, 11) is 0. The molecule has 0 amide bonds. The van der Waals surface area contributed by atoms with Crippen LogP contribution in [-0.2, 0) is 0 Å². The van der Waals surface area contributed by atoms with E-state index in [2.05, 4.69) is 10.2 Å². The Bertz CT molecular complexity index is 553. The fraction of sp³-hybridized carbons (Fsp3) is 0. The average molecular weight is 227 g/mol. The van der Waals surface area contributed by atoms with E-state index in [1.54, 1.807) is 30.3 Å². The third-order valence-corrected chi connectivity index (χ3v) is 2.11. The van der Waals surface area contributed by atoms with Gasteiger partial charge in [0.15, 0.2) is 5.69 Å². The second-order valence-corrected chi connectivity index (χ2v) is 3.28. The van der Waals surface area contributed by atoms with Crippen molar-refractivity contribution >= 4 is 17.1 Å². The quantitative estimate of drug-likeness (QED) is 0.451. The summed E-state index contributed by atoms with van der Waals surface area (Å²) in [5.74, 6) is 0. The van der Waals surface area contributed by atoms with Gasteiger partial charge in [0.05, 0.1) is 10.6 Å². The Labute approximate surface area is 97.6 Å². The number of hydrogen-bond acceptors (Lipinski definition) is 4. The van der Waals surface area contributed by atoms with Gasteiger partial charge in [-0.25, -0.2) is 0 Å². The number of hydrogen-bond donors (Lipinski definition) is 0. The van der Waals surface area contributed by atoms with Crippen LogP contribution >= 0.6 is 0 Å². The molecule has 0 atom stereocenters. The van der Waals surface area contributed by atoms with Gasteiger partial charge < -0.3 is 0 Å². The van der Waals surface area contributed by atoms with Crippen molar-refractivity contribution in [2.75, 3.05) is 0 Å². The molecule has 0 radical (unpaired) electrons. The average Bonchev–Trinajstić information content (AvgIpc) is 2.38. The molecule has 0 N–H and O–H groups in total. The smallest absolute Gasteiger partial charge is 0.258 e. The molecule has 0 unspecified atom stereocenters. The predicted octanol–water partition coefficient (Wildman–Crippen LogP) is 4.01. The zero-order chi connectivity index (χ0) is 12.1. The van der Waals surface area contributed by atoms with Crippen LogP contribution in [-0.4, -0.2) is 4.92 Å². The number of nitrogens with zero attached hydrogens (tertiary/aromatic N) is 3. The van der Waals surface area contributed by atoms with Gasteiger partial charge in [0, 0.05) is 6.07 Å². The lowest BCUT2D eigenvalue weighted by molar-refractivity contribution is -0.384. The van der Waals surface area contributed by atoms with E-state index >= 15 is 0 Å². The fourth-order valence-electron chi connectivity index (χ4n) is 1.31. The Kier molecular flexibility index (Phi) is 3.20. The van der Waals surface area contributed by atoms with Crippen molar-refractivity contribution in [2.45, 2.75) is 0 Å². The maximum atomic E-state index is 10.7.